The highest BCUT2D eigenvalue weighted by Crippen LogP contribution is 2.39. The van der Waals surface area contributed by atoms with Crippen molar-refractivity contribution >= 4 is 23.6 Å². The van der Waals surface area contributed by atoms with Crippen LogP contribution in [0.5, 0.6) is 0 Å². The minimum absolute atomic E-state index is 0.0507. The van der Waals surface area contributed by atoms with Crippen molar-refractivity contribution in [1.29, 1.82) is 0 Å². The lowest BCUT2D eigenvalue weighted by molar-refractivity contribution is -0.138. The lowest BCUT2D eigenvalue weighted by Crippen LogP contribution is -2.43. The van der Waals surface area contributed by atoms with Crippen molar-refractivity contribution in [2.75, 3.05) is 18.9 Å². The second kappa shape index (κ2) is 8.13. The van der Waals surface area contributed by atoms with Crippen LogP contribution in [-0.4, -0.2) is 35.2 Å². The first-order valence-corrected chi connectivity index (χ1v) is 10.8. The van der Waals surface area contributed by atoms with Crippen LogP contribution in [-0.2, 0) is 30.7 Å². The monoisotopic (exact) mass is 465 g/mol. The minimum atomic E-state index is -4.45. The molecule has 10 heteroatoms. The Labute approximate surface area is 189 Å². The van der Waals surface area contributed by atoms with Crippen molar-refractivity contribution in [3.05, 3.63) is 63.2 Å². The largest absolute Gasteiger partial charge is 0.416 e. The fourth-order valence-electron chi connectivity index (χ4n) is 4.50. The average molecular weight is 466 g/mol. The molecule has 0 spiro atoms. The van der Waals surface area contributed by atoms with Crippen molar-refractivity contribution in [2.24, 2.45) is 5.10 Å². The van der Waals surface area contributed by atoms with Crippen LogP contribution < -0.4 is 5.32 Å². The molecule has 5 rings (SSSR count). The number of rotatable bonds is 3. The van der Waals surface area contributed by atoms with Gasteiger partial charge in [-0.15, -0.1) is 10.2 Å². The van der Waals surface area contributed by atoms with Gasteiger partial charge in [0.1, 0.15) is 6.34 Å². The number of hydrazone groups is 1. The molecule has 3 heterocycles. The summed E-state index contributed by atoms with van der Waals surface area (Å²) in [6.07, 6.45) is -0.813. The summed E-state index contributed by atoms with van der Waals surface area (Å²) in [6.45, 7) is 2.29. The third-order valence-electron chi connectivity index (χ3n) is 6.12. The molecule has 0 aliphatic carbocycles. The molecule has 0 saturated heterocycles. The third kappa shape index (κ3) is 4.00. The lowest BCUT2D eigenvalue weighted by atomic mass is 9.97. The van der Waals surface area contributed by atoms with Gasteiger partial charge in [-0.2, -0.15) is 13.2 Å². The SMILES string of the molecule is CN1N(Cc2cc(Cl)cc(C(F)(F)F)c2)N=CN1[C@H]1CCCNc2cc3c(cc21)COC3. The van der Waals surface area contributed by atoms with Crippen LogP contribution in [0.3, 0.4) is 0 Å². The highest BCUT2D eigenvalue weighted by Gasteiger charge is 2.34. The third-order valence-corrected chi connectivity index (χ3v) is 6.33. The topological polar surface area (TPSA) is 43.3 Å². The Kier molecular flexibility index (Phi) is 5.43. The first-order valence-electron chi connectivity index (χ1n) is 10.5. The number of hydrazine groups is 2. The van der Waals surface area contributed by atoms with Crippen molar-refractivity contribution < 1.29 is 17.9 Å². The Balaban J connectivity index is 1.38. The maximum absolute atomic E-state index is 13.2. The van der Waals surface area contributed by atoms with Gasteiger partial charge in [-0.25, -0.2) is 5.12 Å². The Bertz CT molecular complexity index is 1060. The van der Waals surface area contributed by atoms with Crippen molar-refractivity contribution in [3.63, 3.8) is 0 Å². The maximum Gasteiger partial charge on any atom is 0.416 e. The fraction of sp³-hybridized carbons (Fsp3) is 0.409. The summed E-state index contributed by atoms with van der Waals surface area (Å²) in [5.74, 6) is 0. The Morgan fingerprint density at radius 2 is 1.94 bits per heavy atom. The van der Waals surface area contributed by atoms with Gasteiger partial charge in [-0.1, -0.05) is 11.6 Å². The van der Waals surface area contributed by atoms with Gasteiger partial charge in [0.2, 0.25) is 0 Å². The van der Waals surface area contributed by atoms with E-state index in [1.54, 1.807) is 11.5 Å². The highest BCUT2D eigenvalue weighted by atomic mass is 35.5. The molecule has 0 radical (unpaired) electrons. The van der Waals surface area contributed by atoms with Crippen molar-refractivity contribution in [1.82, 2.24) is 15.2 Å². The van der Waals surface area contributed by atoms with E-state index in [0.717, 1.165) is 37.2 Å². The van der Waals surface area contributed by atoms with Gasteiger partial charge >= 0.3 is 6.18 Å². The molecular weight excluding hydrogens is 443 g/mol. The molecule has 0 amide bonds. The number of halogens is 4. The second-order valence-corrected chi connectivity index (χ2v) is 8.70. The number of alkyl halides is 3. The molecule has 0 saturated carbocycles. The molecule has 2 aromatic rings. The summed E-state index contributed by atoms with van der Waals surface area (Å²) in [6, 6.07) is 8.02. The summed E-state index contributed by atoms with van der Waals surface area (Å²) in [5.41, 5.74) is 4.36. The highest BCUT2D eigenvalue weighted by molar-refractivity contribution is 6.30. The Hall–Kier alpha value is -2.49. The van der Waals surface area contributed by atoms with Gasteiger partial charge in [-0.05, 0) is 65.4 Å². The van der Waals surface area contributed by atoms with Gasteiger partial charge < -0.3 is 10.1 Å². The zero-order chi connectivity index (χ0) is 22.5. The van der Waals surface area contributed by atoms with Crippen LogP contribution in [0.15, 0.2) is 35.4 Å². The van der Waals surface area contributed by atoms with E-state index in [1.165, 1.54) is 22.8 Å². The van der Waals surface area contributed by atoms with Gasteiger partial charge in [-0.3, -0.25) is 5.01 Å². The van der Waals surface area contributed by atoms with E-state index < -0.39 is 11.7 Å². The molecule has 32 heavy (non-hydrogen) atoms. The molecule has 0 aromatic heterocycles. The van der Waals surface area contributed by atoms with E-state index in [0.29, 0.717) is 18.8 Å². The molecule has 0 unspecified atom stereocenters. The van der Waals surface area contributed by atoms with Crippen molar-refractivity contribution in [2.45, 2.75) is 44.8 Å². The molecule has 1 N–H and O–H groups in total. The predicted molar refractivity (Wildman–Crippen MR) is 115 cm³/mol. The van der Waals surface area contributed by atoms with Gasteiger partial charge in [0.05, 0.1) is 31.4 Å². The number of hydrogen-bond donors (Lipinski definition) is 1. The molecule has 2 aromatic carbocycles. The van der Waals surface area contributed by atoms with E-state index in [1.807, 2.05) is 17.2 Å². The number of hydrogen-bond acceptors (Lipinski definition) is 6. The predicted octanol–water partition coefficient (Wildman–Crippen LogP) is 5.16. The molecule has 0 bridgehead atoms. The quantitative estimate of drug-likeness (QED) is 0.678. The van der Waals surface area contributed by atoms with Crippen LogP contribution in [0.1, 0.15) is 46.7 Å². The van der Waals surface area contributed by atoms with Gasteiger partial charge in [0, 0.05) is 24.3 Å². The molecule has 1 atom stereocenters. The van der Waals surface area contributed by atoms with E-state index in [2.05, 4.69) is 22.6 Å². The molecular formula is C22H23ClF3N5O. The van der Waals surface area contributed by atoms with E-state index >= 15 is 0 Å². The number of nitrogens with zero attached hydrogens (tertiary/aromatic N) is 4. The molecule has 170 valence electrons. The first-order chi connectivity index (χ1) is 15.3. The first kappa shape index (κ1) is 21.4. The summed E-state index contributed by atoms with van der Waals surface area (Å²) < 4.78 is 45.1. The zero-order valence-electron chi connectivity index (χ0n) is 17.5. The standard InChI is InChI=1S/C22H23ClF3N5O/c1-29-30(13-28-31(29)10-14-5-17(22(24,25)26)9-18(23)6-14)21-3-2-4-27-20-8-16-12-32-11-15(16)7-19(20)21/h5-9,13,21,27H,2-4,10-12H2,1H3/t21-/m0/s1. The van der Waals surface area contributed by atoms with Gasteiger partial charge in [0.25, 0.3) is 0 Å². The van der Waals surface area contributed by atoms with Crippen LogP contribution in [0.2, 0.25) is 5.02 Å². The summed E-state index contributed by atoms with van der Waals surface area (Å²) in [7, 11) is 1.86. The molecule has 3 aliphatic heterocycles. The molecule has 3 aliphatic rings. The fourth-order valence-corrected chi connectivity index (χ4v) is 4.76. The Morgan fingerprint density at radius 1 is 1.16 bits per heavy atom. The second-order valence-electron chi connectivity index (χ2n) is 8.26. The number of nitrogens with one attached hydrogen (secondary N) is 1. The maximum atomic E-state index is 13.2. The zero-order valence-corrected chi connectivity index (χ0v) is 18.2. The number of fused-ring (bicyclic) bond motifs is 2. The number of ether oxygens (including phenoxy) is 1. The lowest BCUT2D eigenvalue weighted by Gasteiger charge is -2.36. The summed E-state index contributed by atoms with van der Waals surface area (Å²) >= 11 is 5.95. The number of benzene rings is 2. The van der Waals surface area contributed by atoms with Crippen LogP contribution in [0.25, 0.3) is 0 Å². The molecule has 0 fully saturated rings. The van der Waals surface area contributed by atoms with Crippen LogP contribution >= 0.6 is 11.6 Å². The minimum Gasteiger partial charge on any atom is -0.385 e. The molecule has 6 nitrogen and oxygen atoms in total. The van der Waals surface area contributed by atoms with Crippen LogP contribution in [0, 0.1) is 0 Å². The van der Waals surface area contributed by atoms with E-state index in [9.17, 15) is 13.2 Å². The normalized spacial score (nSPS) is 20.8. The van der Waals surface area contributed by atoms with Crippen LogP contribution in [0.4, 0.5) is 18.9 Å². The van der Waals surface area contributed by atoms with Crippen molar-refractivity contribution in [3.8, 4) is 0 Å². The van der Waals surface area contributed by atoms with Gasteiger partial charge in [0.15, 0.2) is 0 Å². The Morgan fingerprint density at radius 3 is 2.72 bits per heavy atom. The smallest absolute Gasteiger partial charge is 0.385 e. The van der Waals surface area contributed by atoms with E-state index in [4.69, 9.17) is 16.3 Å². The number of anilines is 1. The summed E-state index contributed by atoms with van der Waals surface area (Å²) in [5, 5.41) is 13.5. The van der Waals surface area contributed by atoms with E-state index in [-0.39, 0.29) is 17.6 Å². The average Bonchev–Trinajstić information content (AvgIpc) is 3.27. The summed E-state index contributed by atoms with van der Waals surface area (Å²) in [4.78, 5) is 0.